The first-order valence-corrected chi connectivity index (χ1v) is 5.90. The normalized spacial score (nSPS) is 11.3. The zero-order chi connectivity index (χ0) is 11.9. The third-order valence-corrected chi connectivity index (χ3v) is 2.10. The van der Waals surface area contributed by atoms with Gasteiger partial charge in [0.2, 0.25) is 0 Å². The quantitative estimate of drug-likeness (QED) is 0.541. The zero-order valence-corrected chi connectivity index (χ0v) is 10.9. The lowest BCUT2D eigenvalue weighted by atomic mass is 10.2. The molecule has 3 nitrogen and oxygen atoms in total. The van der Waals surface area contributed by atoms with Crippen LogP contribution in [0.25, 0.3) is 0 Å². The molecule has 0 heterocycles. The number of rotatable bonds is 5. The van der Waals surface area contributed by atoms with E-state index in [4.69, 9.17) is 16.3 Å². The van der Waals surface area contributed by atoms with Gasteiger partial charge in [0.1, 0.15) is 5.60 Å². The first kappa shape index (κ1) is 14.6. The van der Waals surface area contributed by atoms with Crippen molar-refractivity contribution in [3.8, 4) is 0 Å². The van der Waals surface area contributed by atoms with E-state index in [1.54, 1.807) is 11.9 Å². The van der Waals surface area contributed by atoms with Crippen molar-refractivity contribution in [2.24, 2.45) is 0 Å². The maximum atomic E-state index is 11.5. The van der Waals surface area contributed by atoms with Gasteiger partial charge in [0, 0.05) is 19.5 Å². The van der Waals surface area contributed by atoms with E-state index in [-0.39, 0.29) is 6.09 Å². The van der Waals surface area contributed by atoms with Gasteiger partial charge in [-0.05, 0) is 33.6 Å². The number of alkyl halides is 1. The minimum atomic E-state index is -0.415. The van der Waals surface area contributed by atoms with Crippen LogP contribution in [0.1, 0.15) is 40.0 Å². The molecule has 15 heavy (non-hydrogen) atoms. The Morgan fingerprint density at radius 1 is 1.27 bits per heavy atom. The lowest BCUT2D eigenvalue weighted by Gasteiger charge is -2.24. The molecule has 0 aliphatic heterocycles. The third-order valence-electron chi connectivity index (χ3n) is 1.83. The molecule has 0 aliphatic rings. The highest BCUT2D eigenvalue weighted by Gasteiger charge is 2.18. The molecule has 0 fully saturated rings. The number of carbonyl (C=O) groups is 1. The number of unbranched alkanes of at least 4 members (excludes halogenated alkanes) is 2. The molecule has 90 valence electrons. The molecule has 0 radical (unpaired) electrons. The smallest absolute Gasteiger partial charge is 0.410 e. The molecule has 0 N–H and O–H groups in total. The summed E-state index contributed by atoms with van der Waals surface area (Å²) in [5, 5.41) is 0. The molecule has 0 atom stereocenters. The molecule has 0 rings (SSSR count). The van der Waals surface area contributed by atoms with Crippen molar-refractivity contribution in [2.75, 3.05) is 19.5 Å². The molecule has 0 bridgehead atoms. The minimum Gasteiger partial charge on any atom is -0.444 e. The summed E-state index contributed by atoms with van der Waals surface area (Å²) in [4.78, 5) is 13.1. The number of nitrogens with zero attached hydrogens (tertiary/aromatic N) is 1. The lowest BCUT2D eigenvalue weighted by Crippen LogP contribution is -2.34. The Bertz CT molecular complexity index is 190. The Labute approximate surface area is 97.7 Å². The van der Waals surface area contributed by atoms with Crippen molar-refractivity contribution in [2.45, 2.75) is 45.6 Å². The van der Waals surface area contributed by atoms with Crippen LogP contribution >= 0.6 is 11.6 Å². The molecule has 0 aliphatic carbocycles. The average Bonchev–Trinajstić information content (AvgIpc) is 2.09. The van der Waals surface area contributed by atoms with Crippen LogP contribution in [-0.4, -0.2) is 36.1 Å². The first-order valence-electron chi connectivity index (χ1n) is 5.37. The summed E-state index contributed by atoms with van der Waals surface area (Å²) in [5.41, 5.74) is -0.415. The SMILES string of the molecule is CN(CCCCCCl)C(=O)OC(C)(C)C. The number of amides is 1. The number of hydrogen-bond donors (Lipinski definition) is 0. The molecular weight excluding hydrogens is 214 g/mol. The summed E-state index contributed by atoms with van der Waals surface area (Å²) in [5.74, 6) is 0.691. The van der Waals surface area contributed by atoms with Gasteiger partial charge in [0.05, 0.1) is 0 Å². The Kier molecular flexibility index (Phi) is 6.73. The maximum absolute atomic E-state index is 11.5. The van der Waals surface area contributed by atoms with E-state index in [9.17, 15) is 4.79 Å². The average molecular weight is 236 g/mol. The van der Waals surface area contributed by atoms with Crippen LogP contribution in [0, 0.1) is 0 Å². The highest BCUT2D eigenvalue weighted by atomic mass is 35.5. The monoisotopic (exact) mass is 235 g/mol. The van der Waals surface area contributed by atoms with E-state index in [0.717, 1.165) is 25.8 Å². The third kappa shape index (κ3) is 8.55. The Balaban J connectivity index is 3.70. The van der Waals surface area contributed by atoms with Crippen molar-refractivity contribution >= 4 is 17.7 Å². The van der Waals surface area contributed by atoms with Crippen molar-refractivity contribution in [1.82, 2.24) is 4.90 Å². The molecule has 0 aromatic carbocycles. The van der Waals surface area contributed by atoms with Gasteiger partial charge in [-0.15, -0.1) is 11.6 Å². The summed E-state index contributed by atoms with van der Waals surface area (Å²) in [6.45, 7) is 6.33. The number of ether oxygens (including phenoxy) is 1. The van der Waals surface area contributed by atoms with Crippen LogP contribution in [-0.2, 0) is 4.74 Å². The van der Waals surface area contributed by atoms with Gasteiger partial charge in [-0.3, -0.25) is 0 Å². The van der Waals surface area contributed by atoms with Crippen LogP contribution in [0.2, 0.25) is 0 Å². The van der Waals surface area contributed by atoms with Gasteiger partial charge < -0.3 is 9.64 Å². The number of carbonyl (C=O) groups excluding carboxylic acids is 1. The molecule has 0 aromatic rings. The Morgan fingerprint density at radius 3 is 2.33 bits per heavy atom. The van der Waals surface area contributed by atoms with Gasteiger partial charge >= 0.3 is 6.09 Å². The van der Waals surface area contributed by atoms with Crippen molar-refractivity contribution in [3.05, 3.63) is 0 Å². The molecule has 1 amide bonds. The molecule has 0 saturated heterocycles. The van der Waals surface area contributed by atoms with E-state index in [1.807, 2.05) is 20.8 Å². The molecule has 0 unspecified atom stereocenters. The minimum absolute atomic E-state index is 0.256. The second kappa shape index (κ2) is 6.94. The maximum Gasteiger partial charge on any atom is 0.410 e. The second-order valence-electron chi connectivity index (χ2n) is 4.65. The van der Waals surface area contributed by atoms with Crippen molar-refractivity contribution < 1.29 is 9.53 Å². The first-order chi connectivity index (χ1) is 6.87. The summed E-state index contributed by atoms with van der Waals surface area (Å²) in [6.07, 6.45) is 2.77. The van der Waals surface area contributed by atoms with Crippen LogP contribution in [0.3, 0.4) is 0 Å². The van der Waals surface area contributed by atoms with Gasteiger partial charge in [-0.1, -0.05) is 6.42 Å². The van der Waals surface area contributed by atoms with E-state index >= 15 is 0 Å². The molecule has 0 spiro atoms. The number of halogens is 1. The number of hydrogen-bond acceptors (Lipinski definition) is 2. The lowest BCUT2D eigenvalue weighted by molar-refractivity contribution is 0.0296. The van der Waals surface area contributed by atoms with E-state index in [1.165, 1.54) is 0 Å². The van der Waals surface area contributed by atoms with Crippen LogP contribution in [0.4, 0.5) is 4.79 Å². The fraction of sp³-hybridized carbons (Fsp3) is 0.909. The predicted octanol–water partition coefficient (Wildman–Crippen LogP) is 3.26. The molecule has 0 aromatic heterocycles. The Hall–Kier alpha value is -0.440. The van der Waals surface area contributed by atoms with E-state index in [0.29, 0.717) is 5.88 Å². The summed E-state index contributed by atoms with van der Waals surface area (Å²) in [7, 11) is 1.76. The Morgan fingerprint density at radius 2 is 1.87 bits per heavy atom. The van der Waals surface area contributed by atoms with Crippen molar-refractivity contribution in [3.63, 3.8) is 0 Å². The fourth-order valence-electron chi connectivity index (χ4n) is 1.05. The standard InChI is InChI=1S/C11H22ClNO2/c1-11(2,3)15-10(14)13(4)9-7-5-6-8-12/h5-9H2,1-4H3. The molecular formula is C11H22ClNO2. The highest BCUT2D eigenvalue weighted by molar-refractivity contribution is 6.17. The molecule has 0 saturated carbocycles. The summed E-state index contributed by atoms with van der Waals surface area (Å²) >= 11 is 5.56. The van der Waals surface area contributed by atoms with Crippen LogP contribution in [0.5, 0.6) is 0 Å². The topological polar surface area (TPSA) is 29.5 Å². The fourth-order valence-corrected chi connectivity index (χ4v) is 1.24. The van der Waals surface area contributed by atoms with Crippen LogP contribution < -0.4 is 0 Å². The molecule has 4 heteroatoms. The zero-order valence-electron chi connectivity index (χ0n) is 10.2. The van der Waals surface area contributed by atoms with E-state index < -0.39 is 5.60 Å². The summed E-state index contributed by atoms with van der Waals surface area (Å²) in [6, 6.07) is 0. The van der Waals surface area contributed by atoms with Crippen molar-refractivity contribution in [1.29, 1.82) is 0 Å². The predicted molar refractivity (Wildman–Crippen MR) is 63.4 cm³/mol. The largest absolute Gasteiger partial charge is 0.444 e. The summed E-state index contributed by atoms with van der Waals surface area (Å²) < 4.78 is 5.22. The highest BCUT2D eigenvalue weighted by Crippen LogP contribution is 2.09. The second-order valence-corrected chi connectivity index (χ2v) is 5.03. The van der Waals surface area contributed by atoms with Gasteiger partial charge in [0.15, 0.2) is 0 Å². The van der Waals surface area contributed by atoms with Gasteiger partial charge in [-0.25, -0.2) is 4.79 Å². The van der Waals surface area contributed by atoms with Gasteiger partial charge in [-0.2, -0.15) is 0 Å². The van der Waals surface area contributed by atoms with Crippen LogP contribution in [0.15, 0.2) is 0 Å². The van der Waals surface area contributed by atoms with Gasteiger partial charge in [0.25, 0.3) is 0 Å². The van der Waals surface area contributed by atoms with E-state index in [2.05, 4.69) is 0 Å².